The summed E-state index contributed by atoms with van der Waals surface area (Å²) < 4.78 is 6.21. The van der Waals surface area contributed by atoms with Crippen molar-refractivity contribution in [1.82, 2.24) is 10.2 Å². The Morgan fingerprint density at radius 2 is 2.14 bits per heavy atom. The largest absolute Gasteiger partial charge is 0.444 e. The summed E-state index contributed by atoms with van der Waals surface area (Å²) in [5.74, 6) is 0. The second kappa shape index (κ2) is 8.75. The number of rotatable bonds is 7. The van der Waals surface area contributed by atoms with Gasteiger partial charge in [-0.25, -0.2) is 4.79 Å². The quantitative estimate of drug-likeness (QED) is 0.727. The molecule has 1 heterocycles. The summed E-state index contributed by atoms with van der Waals surface area (Å²) in [5, 5.41) is 3.45. The normalized spacial score (nSPS) is 13.0. The van der Waals surface area contributed by atoms with Crippen LogP contribution in [0.2, 0.25) is 4.34 Å². The summed E-state index contributed by atoms with van der Waals surface area (Å²) in [6.07, 6.45) is 0.643. The molecule has 1 aromatic heterocycles. The van der Waals surface area contributed by atoms with Crippen molar-refractivity contribution in [2.45, 2.75) is 52.7 Å². The lowest BCUT2D eigenvalue weighted by Crippen LogP contribution is -2.38. The molecule has 0 bridgehead atoms. The molecule has 0 aliphatic carbocycles. The number of hydrogen-bond donors (Lipinski definition) is 1. The van der Waals surface area contributed by atoms with Crippen molar-refractivity contribution < 1.29 is 9.53 Å². The topological polar surface area (TPSA) is 41.6 Å². The van der Waals surface area contributed by atoms with Gasteiger partial charge in [-0.15, -0.1) is 11.3 Å². The summed E-state index contributed by atoms with van der Waals surface area (Å²) in [6.45, 7) is 11.9. The Bertz CT molecular complexity index is 471. The van der Waals surface area contributed by atoms with Crippen molar-refractivity contribution in [3.8, 4) is 0 Å². The highest BCUT2D eigenvalue weighted by Gasteiger charge is 2.20. The number of carbonyl (C=O) groups is 1. The average molecular weight is 347 g/mol. The lowest BCUT2D eigenvalue weighted by Gasteiger charge is -2.26. The first kappa shape index (κ1) is 19.3. The summed E-state index contributed by atoms with van der Waals surface area (Å²) >= 11 is 7.54. The minimum absolute atomic E-state index is 0.243. The zero-order valence-electron chi connectivity index (χ0n) is 14.1. The third-order valence-electron chi connectivity index (χ3n) is 3.11. The van der Waals surface area contributed by atoms with E-state index in [0.717, 1.165) is 17.3 Å². The molecule has 1 aromatic rings. The van der Waals surface area contributed by atoms with Crippen molar-refractivity contribution >= 4 is 29.0 Å². The Balaban J connectivity index is 2.31. The highest BCUT2D eigenvalue weighted by atomic mass is 35.5. The van der Waals surface area contributed by atoms with Gasteiger partial charge >= 0.3 is 6.09 Å². The van der Waals surface area contributed by atoms with Crippen LogP contribution in [0.25, 0.3) is 0 Å². The summed E-state index contributed by atoms with van der Waals surface area (Å²) in [7, 11) is 0. The van der Waals surface area contributed by atoms with Gasteiger partial charge in [-0.3, -0.25) is 0 Å². The standard InChI is InChI=1S/C16H27ClN2O2S/c1-6-19(15(20)21-16(3,4)5)11-7-10-18-12(2)13-8-9-14(17)22-13/h8-9,12,18H,6-7,10-11H2,1-5H3. The Labute approximate surface area is 142 Å². The second-order valence-corrected chi connectivity index (χ2v) is 7.98. The highest BCUT2D eigenvalue weighted by Crippen LogP contribution is 2.26. The van der Waals surface area contributed by atoms with Crippen LogP contribution in [0.3, 0.4) is 0 Å². The molecule has 1 N–H and O–H groups in total. The first-order chi connectivity index (χ1) is 10.2. The maximum Gasteiger partial charge on any atom is 0.410 e. The third-order valence-corrected chi connectivity index (χ3v) is 4.52. The van der Waals surface area contributed by atoms with Crippen LogP contribution in [0, 0.1) is 0 Å². The molecule has 126 valence electrons. The molecule has 1 amide bonds. The second-order valence-electron chi connectivity index (χ2n) is 6.23. The van der Waals surface area contributed by atoms with Gasteiger partial charge in [0.05, 0.1) is 4.34 Å². The van der Waals surface area contributed by atoms with Gasteiger partial charge in [-0.2, -0.15) is 0 Å². The van der Waals surface area contributed by atoms with Gasteiger partial charge in [0.2, 0.25) is 0 Å². The van der Waals surface area contributed by atoms with E-state index in [4.69, 9.17) is 16.3 Å². The maximum atomic E-state index is 12.0. The van der Waals surface area contributed by atoms with Crippen LogP contribution >= 0.6 is 22.9 Å². The molecule has 0 aromatic carbocycles. The number of hydrogen-bond acceptors (Lipinski definition) is 4. The van der Waals surface area contributed by atoms with Gasteiger partial charge in [0, 0.05) is 24.0 Å². The van der Waals surface area contributed by atoms with Crippen molar-refractivity contribution in [3.63, 3.8) is 0 Å². The number of ether oxygens (including phenoxy) is 1. The molecule has 0 aliphatic rings. The average Bonchev–Trinajstić information content (AvgIpc) is 2.83. The molecule has 0 radical (unpaired) electrons. The lowest BCUT2D eigenvalue weighted by atomic mass is 10.2. The van der Waals surface area contributed by atoms with E-state index < -0.39 is 5.60 Å². The molecule has 0 saturated heterocycles. The Hall–Kier alpha value is -0.780. The van der Waals surface area contributed by atoms with Crippen molar-refractivity contribution in [2.75, 3.05) is 19.6 Å². The van der Waals surface area contributed by atoms with E-state index in [-0.39, 0.29) is 12.1 Å². The molecular weight excluding hydrogens is 320 g/mol. The van der Waals surface area contributed by atoms with E-state index in [2.05, 4.69) is 12.2 Å². The van der Waals surface area contributed by atoms with E-state index in [9.17, 15) is 4.79 Å². The first-order valence-electron chi connectivity index (χ1n) is 7.69. The monoisotopic (exact) mass is 346 g/mol. The molecule has 1 unspecified atom stereocenters. The number of carbonyl (C=O) groups excluding carboxylic acids is 1. The van der Waals surface area contributed by atoms with Crippen LogP contribution < -0.4 is 5.32 Å². The minimum Gasteiger partial charge on any atom is -0.444 e. The predicted octanol–water partition coefficient (Wildman–Crippen LogP) is 4.70. The molecule has 22 heavy (non-hydrogen) atoms. The Morgan fingerprint density at radius 1 is 1.45 bits per heavy atom. The molecule has 0 spiro atoms. The highest BCUT2D eigenvalue weighted by molar-refractivity contribution is 7.16. The Morgan fingerprint density at radius 3 is 2.64 bits per heavy atom. The van der Waals surface area contributed by atoms with Gasteiger partial charge in [-0.05, 0) is 59.7 Å². The number of amides is 1. The third kappa shape index (κ3) is 6.99. The van der Waals surface area contributed by atoms with E-state index in [1.54, 1.807) is 16.2 Å². The summed E-state index contributed by atoms with van der Waals surface area (Å²) in [5.41, 5.74) is -0.449. The maximum absolute atomic E-state index is 12.0. The van der Waals surface area contributed by atoms with Crippen LogP contribution in [0.15, 0.2) is 12.1 Å². The van der Waals surface area contributed by atoms with Crippen molar-refractivity contribution in [1.29, 1.82) is 0 Å². The molecule has 6 heteroatoms. The van der Waals surface area contributed by atoms with Crippen LogP contribution in [0.4, 0.5) is 4.79 Å². The van der Waals surface area contributed by atoms with Gasteiger partial charge in [0.1, 0.15) is 5.60 Å². The van der Waals surface area contributed by atoms with Crippen molar-refractivity contribution in [2.24, 2.45) is 0 Å². The molecule has 0 saturated carbocycles. The molecule has 1 atom stereocenters. The number of nitrogens with one attached hydrogen (secondary N) is 1. The fourth-order valence-corrected chi connectivity index (χ4v) is 3.04. The first-order valence-corrected chi connectivity index (χ1v) is 8.89. The van der Waals surface area contributed by atoms with Gasteiger partial charge in [-0.1, -0.05) is 11.6 Å². The number of nitrogens with zero attached hydrogens (tertiary/aromatic N) is 1. The summed E-state index contributed by atoms with van der Waals surface area (Å²) in [6, 6.07) is 4.24. The van der Waals surface area contributed by atoms with E-state index in [1.165, 1.54) is 4.88 Å². The SMILES string of the molecule is CCN(CCCNC(C)c1ccc(Cl)s1)C(=O)OC(C)(C)C. The molecule has 0 fully saturated rings. The molecule has 0 aliphatic heterocycles. The lowest BCUT2D eigenvalue weighted by molar-refractivity contribution is 0.0258. The fraction of sp³-hybridized carbons (Fsp3) is 0.688. The Kier molecular flexibility index (Phi) is 7.66. The van der Waals surface area contributed by atoms with Crippen molar-refractivity contribution in [3.05, 3.63) is 21.3 Å². The fourth-order valence-electron chi connectivity index (χ4n) is 1.96. The van der Waals surface area contributed by atoms with E-state index >= 15 is 0 Å². The van der Waals surface area contributed by atoms with Crippen LogP contribution in [0.5, 0.6) is 0 Å². The summed E-state index contributed by atoms with van der Waals surface area (Å²) in [4.78, 5) is 15.0. The van der Waals surface area contributed by atoms with Gasteiger partial charge in [0.25, 0.3) is 0 Å². The van der Waals surface area contributed by atoms with Crippen LogP contribution in [0.1, 0.15) is 52.0 Å². The number of halogens is 1. The molecule has 4 nitrogen and oxygen atoms in total. The van der Waals surface area contributed by atoms with E-state index in [1.807, 2.05) is 39.8 Å². The molecule has 1 rings (SSSR count). The number of thiophene rings is 1. The van der Waals surface area contributed by atoms with Crippen LogP contribution in [-0.4, -0.2) is 36.2 Å². The van der Waals surface area contributed by atoms with Gasteiger partial charge in [0.15, 0.2) is 0 Å². The zero-order chi connectivity index (χ0) is 16.8. The van der Waals surface area contributed by atoms with Gasteiger partial charge < -0.3 is 15.0 Å². The van der Waals surface area contributed by atoms with Crippen LogP contribution in [-0.2, 0) is 4.74 Å². The predicted molar refractivity (Wildman–Crippen MR) is 93.8 cm³/mol. The van der Waals surface area contributed by atoms with E-state index in [0.29, 0.717) is 13.1 Å². The zero-order valence-corrected chi connectivity index (χ0v) is 15.7. The minimum atomic E-state index is -0.449. The molecular formula is C16H27ClN2O2S. The smallest absolute Gasteiger partial charge is 0.410 e.